The second-order valence-corrected chi connectivity index (χ2v) is 5.88. The Kier molecular flexibility index (Phi) is 4.00. The lowest BCUT2D eigenvalue weighted by atomic mass is 9.70. The van der Waals surface area contributed by atoms with Gasteiger partial charge < -0.3 is 5.11 Å². The molecule has 0 aromatic heterocycles. The van der Waals surface area contributed by atoms with Gasteiger partial charge in [0, 0.05) is 0 Å². The Morgan fingerprint density at radius 3 is 2.21 bits per heavy atom. The molecule has 1 fully saturated rings. The maximum atomic E-state index is 10.1. The summed E-state index contributed by atoms with van der Waals surface area (Å²) in [5.41, 5.74) is 0.520. The predicted molar refractivity (Wildman–Crippen MR) is 61.2 cm³/mol. The summed E-state index contributed by atoms with van der Waals surface area (Å²) < 4.78 is 0. The summed E-state index contributed by atoms with van der Waals surface area (Å²) in [5, 5.41) is 10.1. The normalized spacial score (nSPS) is 27.2. The number of rotatable bonds is 3. The van der Waals surface area contributed by atoms with Crippen LogP contribution in [0.15, 0.2) is 0 Å². The highest BCUT2D eigenvalue weighted by Crippen LogP contribution is 2.40. The van der Waals surface area contributed by atoms with Crippen molar-refractivity contribution in [3.8, 4) is 0 Å². The smallest absolute Gasteiger partial charge is 0.0593 e. The fourth-order valence-corrected chi connectivity index (χ4v) is 2.47. The maximum Gasteiger partial charge on any atom is 0.0593 e. The second-order valence-electron chi connectivity index (χ2n) is 5.88. The fraction of sp³-hybridized carbons (Fsp3) is 1.00. The summed E-state index contributed by atoms with van der Waals surface area (Å²) in [7, 11) is 0. The molecule has 1 aliphatic carbocycles. The molecule has 1 aliphatic rings. The van der Waals surface area contributed by atoms with E-state index in [9.17, 15) is 5.11 Å². The number of hydrogen-bond donors (Lipinski definition) is 1. The Bertz CT molecular complexity index is 164. The van der Waals surface area contributed by atoms with Crippen LogP contribution in [0, 0.1) is 17.3 Å². The molecule has 2 unspecified atom stereocenters. The van der Waals surface area contributed by atoms with Crippen LogP contribution in [0.2, 0.25) is 0 Å². The van der Waals surface area contributed by atoms with Gasteiger partial charge >= 0.3 is 0 Å². The van der Waals surface area contributed by atoms with Gasteiger partial charge in [-0.15, -0.1) is 0 Å². The molecule has 1 nitrogen and oxygen atoms in total. The number of hydrogen-bond acceptors (Lipinski definition) is 1. The first-order valence-corrected chi connectivity index (χ1v) is 6.14. The lowest BCUT2D eigenvalue weighted by molar-refractivity contribution is 0.0198. The first kappa shape index (κ1) is 12.0. The first-order chi connectivity index (χ1) is 6.46. The van der Waals surface area contributed by atoms with Crippen molar-refractivity contribution in [3.05, 3.63) is 0 Å². The summed E-state index contributed by atoms with van der Waals surface area (Å²) in [6, 6.07) is 0. The van der Waals surface area contributed by atoms with E-state index in [1.807, 2.05) is 0 Å². The largest absolute Gasteiger partial charge is 0.393 e. The van der Waals surface area contributed by atoms with Crippen LogP contribution < -0.4 is 0 Å². The highest BCUT2D eigenvalue weighted by molar-refractivity contribution is 4.83. The Balaban J connectivity index is 2.41. The van der Waals surface area contributed by atoms with Crippen LogP contribution in [0.5, 0.6) is 0 Å². The molecule has 2 atom stereocenters. The molecule has 1 N–H and O–H groups in total. The highest BCUT2D eigenvalue weighted by atomic mass is 16.3. The molecule has 0 spiro atoms. The third-order valence-corrected chi connectivity index (χ3v) is 4.09. The molecule has 0 bridgehead atoms. The van der Waals surface area contributed by atoms with Crippen molar-refractivity contribution in [2.45, 2.75) is 65.9 Å². The minimum absolute atomic E-state index is 0.0592. The van der Waals surface area contributed by atoms with Crippen molar-refractivity contribution in [3.63, 3.8) is 0 Å². The van der Waals surface area contributed by atoms with Crippen LogP contribution >= 0.6 is 0 Å². The summed E-state index contributed by atoms with van der Waals surface area (Å²) >= 11 is 0. The fourth-order valence-electron chi connectivity index (χ4n) is 2.47. The standard InChI is InChI=1S/C13H26O/c1-5-10(2)12(14)11-6-8-13(3,4)9-7-11/h10-12,14H,5-9H2,1-4H3. The van der Waals surface area contributed by atoms with Gasteiger partial charge in [0.2, 0.25) is 0 Å². The monoisotopic (exact) mass is 198 g/mol. The second kappa shape index (κ2) is 4.65. The lowest BCUT2D eigenvalue weighted by Crippen LogP contribution is -2.32. The van der Waals surface area contributed by atoms with Crippen molar-refractivity contribution < 1.29 is 5.11 Å². The van der Waals surface area contributed by atoms with Crippen molar-refractivity contribution >= 4 is 0 Å². The van der Waals surface area contributed by atoms with Gasteiger partial charge in [-0.25, -0.2) is 0 Å². The Morgan fingerprint density at radius 2 is 1.79 bits per heavy atom. The average Bonchev–Trinajstić information content (AvgIpc) is 2.15. The predicted octanol–water partition coefficient (Wildman–Crippen LogP) is 3.61. The maximum absolute atomic E-state index is 10.1. The van der Waals surface area contributed by atoms with E-state index in [0.29, 0.717) is 17.3 Å². The molecular weight excluding hydrogens is 172 g/mol. The van der Waals surface area contributed by atoms with E-state index in [1.165, 1.54) is 25.7 Å². The third-order valence-electron chi connectivity index (χ3n) is 4.09. The Hall–Kier alpha value is -0.0400. The number of aliphatic hydroxyl groups is 1. The molecule has 1 rings (SSSR count). The summed E-state index contributed by atoms with van der Waals surface area (Å²) in [4.78, 5) is 0. The van der Waals surface area contributed by atoms with Gasteiger partial charge in [0.05, 0.1) is 6.10 Å². The third kappa shape index (κ3) is 2.98. The van der Waals surface area contributed by atoms with Gasteiger partial charge in [0.25, 0.3) is 0 Å². The Morgan fingerprint density at radius 1 is 1.29 bits per heavy atom. The Labute approximate surface area is 88.9 Å². The van der Waals surface area contributed by atoms with Crippen molar-refractivity contribution in [2.24, 2.45) is 17.3 Å². The van der Waals surface area contributed by atoms with Crippen LogP contribution in [0.1, 0.15) is 59.8 Å². The van der Waals surface area contributed by atoms with Crippen LogP contribution in [-0.2, 0) is 0 Å². The molecule has 1 saturated carbocycles. The summed E-state index contributed by atoms with van der Waals surface area (Å²) in [6.07, 6.45) is 6.05. The van der Waals surface area contributed by atoms with Gasteiger partial charge in [-0.1, -0.05) is 34.1 Å². The molecule has 0 aromatic carbocycles. The topological polar surface area (TPSA) is 20.2 Å². The summed E-state index contributed by atoms with van der Waals surface area (Å²) in [6.45, 7) is 9.03. The zero-order chi connectivity index (χ0) is 10.8. The van der Waals surface area contributed by atoms with E-state index in [1.54, 1.807) is 0 Å². The van der Waals surface area contributed by atoms with Gasteiger partial charge in [-0.05, 0) is 42.9 Å². The van der Waals surface area contributed by atoms with Crippen LogP contribution in [-0.4, -0.2) is 11.2 Å². The van der Waals surface area contributed by atoms with Gasteiger partial charge in [-0.3, -0.25) is 0 Å². The van der Waals surface area contributed by atoms with E-state index in [2.05, 4.69) is 27.7 Å². The van der Waals surface area contributed by atoms with Crippen molar-refractivity contribution in [1.82, 2.24) is 0 Å². The van der Waals surface area contributed by atoms with Gasteiger partial charge in [0.1, 0.15) is 0 Å². The van der Waals surface area contributed by atoms with Crippen LogP contribution in [0.4, 0.5) is 0 Å². The number of aliphatic hydroxyl groups excluding tert-OH is 1. The van der Waals surface area contributed by atoms with Crippen LogP contribution in [0.3, 0.4) is 0 Å². The molecule has 0 heterocycles. The van der Waals surface area contributed by atoms with E-state index in [0.717, 1.165) is 6.42 Å². The van der Waals surface area contributed by atoms with Crippen molar-refractivity contribution in [1.29, 1.82) is 0 Å². The van der Waals surface area contributed by atoms with Crippen LogP contribution in [0.25, 0.3) is 0 Å². The average molecular weight is 198 g/mol. The molecule has 0 amide bonds. The van der Waals surface area contributed by atoms with E-state index < -0.39 is 0 Å². The zero-order valence-electron chi connectivity index (χ0n) is 10.2. The van der Waals surface area contributed by atoms with Crippen molar-refractivity contribution in [2.75, 3.05) is 0 Å². The van der Waals surface area contributed by atoms with Gasteiger partial charge in [0.15, 0.2) is 0 Å². The first-order valence-electron chi connectivity index (χ1n) is 6.14. The molecule has 84 valence electrons. The minimum atomic E-state index is -0.0592. The molecular formula is C13H26O. The van der Waals surface area contributed by atoms with Gasteiger partial charge in [-0.2, -0.15) is 0 Å². The molecule has 0 aliphatic heterocycles. The SMILES string of the molecule is CCC(C)C(O)C1CCC(C)(C)CC1. The van der Waals surface area contributed by atoms with E-state index >= 15 is 0 Å². The van der Waals surface area contributed by atoms with E-state index in [4.69, 9.17) is 0 Å². The van der Waals surface area contributed by atoms with E-state index in [-0.39, 0.29) is 6.10 Å². The minimum Gasteiger partial charge on any atom is -0.393 e. The summed E-state index contributed by atoms with van der Waals surface area (Å²) in [5.74, 6) is 1.04. The zero-order valence-corrected chi connectivity index (χ0v) is 10.2. The molecule has 0 aromatic rings. The molecule has 0 radical (unpaired) electrons. The molecule has 14 heavy (non-hydrogen) atoms. The lowest BCUT2D eigenvalue weighted by Gasteiger charge is -2.37. The highest BCUT2D eigenvalue weighted by Gasteiger charge is 2.32. The molecule has 1 heteroatoms. The quantitative estimate of drug-likeness (QED) is 0.734. The molecule has 0 saturated heterocycles.